The Balaban J connectivity index is 1.22. The number of H-pyrrole nitrogens is 1. The van der Waals surface area contributed by atoms with E-state index in [0.29, 0.717) is 36.1 Å². The molecule has 4 heterocycles. The molecule has 6 rings (SSSR count). The number of rotatable bonds is 8. The first-order valence-corrected chi connectivity index (χ1v) is 16.3. The number of nitrogens with one attached hydrogen (secondary N) is 3. The molecule has 0 bridgehead atoms. The van der Waals surface area contributed by atoms with Gasteiger partial charge in [0.15, 0.2) is 5.82 Å². The van der Waals surface area contributed by atoms with Crippen molar-refractivity contribution in [1.82, 2.24) is 19.4 Å². The van der Waals surface area contributed by atoms with Gasteiger partial charge in [-0.2, -0.15) is 9.40 Å². The predicted octanol–water partition coefficient (Wildman–Crippen LogP) is 3.28. The van der Waals surface area contributed by atoms with E-state index in [1.807, 2.05) is 0 Å². The van der Waals surface area contributed by atoms with Crippen LogP contribution >= 0.6 is 0 Å². The number of sulfonamides is 1. The number of likely N-dealkylation sites (tertiary alicyclic amines) is 1. The lowest BCUT2D eigenvalue weighted by Crippen LogP contribution is -2.36. The van der Waals surface area contributed by atoms with Crippen molar-refractivity contribution in [3.05, 3.63) is 64.9 Å². The third-order valence-corrected chi connectivity index (χ3v) is 10.1. The van der Waals surface area contributed by atoms with Crippen LogP contribution in [-0.4, -0.2) is 85.1 Å². The average molecular weight is 645 g/mol. The molecule has 0 radical (unpaired) electrons. The second-order valence-electron chi connectivity index (χ2n) is 11.5. The molecular weight excluding hydrogens is 610 g/mol. The molecule has 3 aliphatic heterocycles. The van der Waals surface area contributed by atoms with Crippen LogP contribution in [0.15, 0.2) is 41.3 Å². The largest absolute Gasteiger partial charge is 0.490 e. The molecule has 2 fully saturated rings. The highest BCUT2D eigenvalue weighted by molar-refractivity contribution is 7.89. The molecule has 1 atom stereocenters. The number of benzene rings is 2. The van der Waals surface area contributed by atoms with Crippen molar-refractivity contribution in [3.63, 3.8) is 0 Å². The second kappa shape index (κ2) is 12.8. The van der Waals surface area contributed by atoms with Crippen LogP contribution in [-0.2, 0) is 32.5 Å². The zero-order chi connectivity index (χ0) is 31.7. The molecule has 2 aromatic carbocycles. The van der Waals surface area contributed by atoms with Gasteiger partial charge in [0.05, 0.1) is 16.1 Å². The van der Waals surface area contributed by atoms with Crippen molar-refractivity contribution in [1.29, 1.82) is 0 Å². The van der Waals surface area contributed by atoms with Crippen LogP contribution in [0.25, 0.3) is 0 Å². The number of hydrogen-bond donors (Lipinski definition) is 3. The lowest BCUT2D eigenvalue weighted by Gasteiger charge is -2.29. The van der Waals surface area contributed by atoms with Crippen molar-refractivity contribution >= 4 is 33.3 Å². The molecule has 45 heavy (non-hydrogen) atoms. The fraction of sp³-hybridized carbons (Fsp3) is 0.433. The topological polar surface area (TPSA) is 146 Å². The SMILES string of the molecule is CN1CCC(Oc2ccc(C(=O)Nc3n[nH]c4c3CN(S(=O)(=O)c3cc(F)cc(F)c3)CC4)c(NC(=O)[C@H]3CCCO3)c2)CC1. The van der Waals surface area contributed by atoms with Crippen molar-refractivity contribution in [3.8, 4) is 5.75 Å². The van der Waals surface area contributed by atoms with Crippen LogP contribution in [0.3, 0.4) is 0 Å². The summed E-state index contributed by atoms with van der Waals surface area (Å²) in [5, 5.41) is 12.6. The molecule has 2 amide bonds. The number of aromatic nitrogens is 2. The van der Waals surface area contributed by atoms with Gasteiger partial charge in [-0.15, -0.1) is 0 Å². The van der Waals surface area contributed by atoms with Crippen LogP contribution in [0.5, 0.6) is 5.75 Å². The van der Waals surface area contributed by atoms with Crippen molar-refractivity contribution in [2.24, 2.45) is 0 Å². The molecule has 15 heteroatoms. The van der Waals surface area contributed by atoms with Crippen molar-refractivity contribution in [2.75, 3.05) is 43.9 Å². The number of nitrogens with zero attached hydrogens (tertiary/aromatic N) is 3. The second-order valence-corrected chi connectivity index (χ2v) is 13.4. The summed E-state index contributed by atoms with van der Waals surface area (Å²) in [6.45, 7) is 2.14. The van der Waals surface area contributed by atoms with Crippen molar-refractivity contribution in [2.45, 2.75) is 55.8 Å². The van der Waals surface area contributed by atoms with E-state index >= 15 is 0 Å². The van der Waals surface area contributed by atoms with Gasteiger partial charge in [0.2, 0.25) is 10.0 Å². The molecule has 0 aliphatic carbocycles. The summed E-state index contributed by atoms with van der Waals surface area (Å²) in [7, 11) is -2.19. The minimum atomic E-state index is -4.25. The highest BCUT2D eigenvalue weighted by atomic mass is 32.2. The van der Waals surface area contributed by atoms with Gasteiger partial charge in [-0.25, -0.2) is 17.2 Å². The van der Waals surface area contributed by atoms with Gasteiger partial charge in [0, 0.05) is 62.6 Å². The highest BCUT2D eigenvalue weighted by Crippen LogP contribution is 2.31. The average Bonchev–Trinajstić information content (AvgIpc) is 3.69. The first-order valence-electron chi connectivity index (χ1n) is 14.8. The maximum absolute atomic E-state index is 13.8. The van der Waals surface area contributed by atoms with E-state index < -0.39 is 38.6 Å². The number of ether oxygens (including phenoxy) is 2. The lowest BCUT2D eigenvalue weighted by molar-refractivity contribution is -0.124. The van der Waals surface area contributed by atoms with Crippen molar-refractivity contribution < 1.29 is 36.3 Å². The van der Waals surface area contributed by atoms with E-state index in [9.17, 15) is 26.8 Å². The smallest absolute Gasteiger partial charge is 0.258 e. The number of halogens is 2. The fourth-order valence-electron chi connectivity index (χ4n) is 5.77. The molecule has 0 spiro atoms. The van der Waals surface area contributed by atoms with E-state index in [2.05, 4.69) is 32.8 Å². The monoisotopic (exact) mass is 644 g/mol. The Morgan fingerprint density at radius 2 is 1.80 bits per heavy atom. The quantitative estimate of drug-likeness (QED) is 0.339. The fourth-order valence-corrected chi connectivity index (χ4v) is 7.22. The zero-order valence-corrected chi connectivity index (χ0v) is 25.5. The van der Waals surface area contributed by atoms with Gasteiger partial charge < -0.3 is 25.0 Å². The Labute approximate surface area is 259 Å². The van der Waals surface area contributed by atoms with Crippen LogP contribution in [0.1, 0.15) is 47.3 Å². The number of carbonyl (C=O) groups excluding carboxylic acids is 2. The summed E-state index contributed by atoms with van der Waals surface area (Å²) in [6.07, 6.45) is 2.64. The number of hydrogen-bond acceptors (Lipinski definition) is 8. The van der Waals surface area contributed by atoms with Crippen LogP contribution < -0.4 is 15.4 Å². The number of aromatic amines is 1. The molecule has 3 aliphatic rings. The molecule has 3 N–H and O–H groups in total. The van der Waals surface area contributed by atoms with Gasteiger partial charge in [0.1, 0.15) is 29.6 Å². The molecule has 2 saturated heterocycles. The number of amides is 2. The first-order chi connectivity index (χ1) is 21.6. The third kappa shape index (κ3) is 6.85. The Hall–Kier alpha value is -3.92. The molecular formula is C30H34F2N6O6S. The highest BCUT2D eigenvalue weighted by Gasteiger charge is 2.33. The van der Waals surface area contributed by atoms with E-state index in [1.165, 1.54) is 0 Å². The molecule has 12 nitrogen and oxygen atoms in total. The van der Waals surface area contributed by atoms with Gasteiger partial charge in [-0.3, -0.25) is 14.7 Å². The van der Waals surface area contributed by atoms with Crippen LogP contribution in [0, 0.1) is 11.6 Å². The van der Waals surface area contributed by atoms with Crippen LogP contribution in [0.4, 0.5) is 20.3 Å². The molecule has 0 saturated carbocycles. The van der Waals surface area contributed by atoms with E-state index in [-0.39, 0.29) is 48.6 Å². The molecule has 1 aromatic heterocycles. The number of carbonyl (C=O) groups is 2. The van der Waals surface area contributed by atoms with Gasteiger partial charge in [-0.1, -0.05) is 0 Å². The number of anilines is 2. The maximum Gasteiger partial charge on any atom is 0.258 e. The summed E-state index contributed by atoms with van der Waals surface area (Å²) < 4.78 is 66.9. The summed E-state index contributed by atoms with van der Waals surface area (Å²) in [5.74, 6) is -2.37. The normalized spacial score (nSPS) is 19.7. The standard InChI is InChI=1S/C30H34F2N6O6S/c1-37-9-6-20(7-10-37)44-21-4-5-23(26(16-21)33-30(40)27-3-2-12-43-27)29(39)34-28-24-17-38(11-8-25(24)35-36-28)45(41,42)22-14-18(31)13-19(32)15-22/h4-5,13-16,20,27H,2-3,6-12,17H2,1H3,(H,33,40)(H2,34,35,36,39)/t27-/m1/s1. The van der Waals surface area contributed by atoms with Gasteiger partial charge in [-0.05, 0) is 57.0 Å². The Morgan fingerprint density at radius 1 is 1.04 bits per heavy atom. The molecule has 3 aromatic rings. The Bertz CT molecular complexity index is 1680. The number of piperidine rings is 1. The summed E-state index contributed by atoms with van der Waals surface area (Å²) in [4.78, 5) is 28.3. The first kappa shape index (κ1) is 31.1. The van der Waals surface area contributed by atoms with Gasteiger partial charge in [0.25, 0.3) is 11.8 Å². The lowest BCUT2D eigenvalue weighted by atomic mass is 10.1. The zero-order valence-electron chi connectivity index (χ0n) is 24.6. The third-order valence-electron chi connectivity index (χ3n) is 8.29. The summed E-state index contributed by atoms with van der Waals surface area (Å²) in [6, 6.07) is 6.96. The van der Waals surface area contributed by atoms with Gasteiger partial charge >= 0.3 is 0 Å². The summed E-state index contributed by atoms with van der Waals surface area (Å²) >= 11 is 0. The predicted molar refractivity (Wildman–Crippen MR) is 159 cm³/mol. The molecule has 240 valence electrons. The van der Waals surface area contributed by atoms with Crippen LogP contribution in [0.2, 0.25) is 0 Å². The van der Waals surface area contributed by atoms with E-state index in [1.54, 1.807) is 18.2 Å². The minimum absolute atomic E-state index is 0.00117. The van der Waals surface area contributed by atoms with E-state index in [4.69, 9.17) is 9.47 Å². The van der Waals surface area contributed by atoms with E-state index in [0.717, 1.165) is 48.8 Å². The maximum atomic E-state index is 13.8. The Kier molecular flexibility index (Phi) is 8.86. The summed E-state index contributed by atoms with van der Waals surface area (Å²) in [5.41, 5.74) is 1.42. The Morgan fingerprint density at radius 3 is 2.51 bits per heavy atom. The minimum Gasteiger partial charge on any atom is -0.490 e. The number of fused-ring (bicyclic) bond motifs is 1. The molecule has 0 unspecified atom stereocenters.